The molecule has 9 atom stereocenters. The van der Waals surface area contributed by atoms with Gasteiger partial charge in [-0.25, -0.2) is 0 Å². The zero-order chi connectivity index (χ0) is 20.3. The van der Waals surface area contributed by atoms with Crippen LogP contribution in [0.3, 0.4) is 0 Å². The number of hydrogen-bond donors (Lipinski definition) is 4. The standard InChI is InChI=1S/C18H33ClN2O5S/c1-5-6-10-7-11(21(3)8-10)17(25)20-12(9(2)19)16-14(23)13(22)15(24)18(26-16)27-4/h9-16,18,22-24H,5-8H2,1-4H3,(H,20,25)/t9-,10+,11?,12+,13?,14-,15+,16+,18?/m0/s1. The highest BCUT2D eigenvalue weighted by Crippen LogP contribution is 2.31. The number of hydrogen-bond acceptors (Lipinski definition) is 7. The molecule has 2 heterocycles. The smallest absolute Gasteiger partial charge is 0.237 e. The molecule has 9 heteroatoms. The summed E-state index contributed by atoms with van der Waals surface area (Å²) >= 11 is 7.55. The highest BCUT2D eigenvalue weighted by molar-refractivity contribution is 7.99. The van der Waals surface area contributed by atoms with Crippen molar-refractivity contribution in [1.29, 1.82) is 0 Å². The maximum Gasteiger partial charge on any atom is 0.237 e. The SMILES string of the molecule is CCC[C@@H]1CC(C(=O)N[C@@H]([C@H]2OC(SC)[C@H](O)C(O)[C@@H]2O)[C@H](C)Cl)N(C)C1. The Labute approximate surface area is 170 Å². The van der Waals surface area contributed by atoms with Gasteiger partial charge in [0.15, 0.2) is 0 Å². The van der Waals surface area contributed by atoms with Gasteiger partial charge >= 0.3 is 0 Å². The number of rotatable bonds is 7. The number of aliphatic hydroxyl groups is 3. The van der Waals surface area contributed by atoms with E-state index in [-0.39, 0.29) is 11.9 Å². The predicted molar refractivity (Wildman–Crippen MR) is 107 cm³/mol. The van der Waals surface area contributed by atoms with E-state index in [1.807, 2.05) is 11.9 Å². The van der Waals surface area contributed by atoms with Gasteiger partial charge in [-0.1, -0.05) is 13.3 Å². The number of carbonyl (C=O) groups excluding carboxylic acids is 1. The molecule has 0 bridgehead atoms. The van der Waals surface area contributed by atoms with Crippen molar-refractivity contribution in [3.8, 4) is 0 Å². The molecule has 2 aliphatic heterocycles. The zero-order valence-electron chi connectivity index (χ0n) is 16.4. The fourth-order valence-corrected chi connectivity index (χ4v) is 5.00. The monoisotopic (exact) mass is 424 g/mol. The van der Waals surface area contributed by atoms with Crippen molar-refractivity contribution in [3.05, 3.63) is 0 Å². The Morgan fingerprint density at radius 1 is 1.33 bits per heavy atom. The molecule has 7 nitrogen and oxygen atoms in total. The molecule has 2 fully saturated rings. The number of alkyl halides is 1. The molecular weight excluding hydrogens is 392 g/mol. The normalized spacial score (nSPS) is 39.9. The topological polar surface area (TPSA) is 102 Å². The first-order valence-electron chi connectivity index (χ1n) is 9.58. The summed E-state index contributed by atoms with van der Waals surface area (Å²) in [5.41, 5.74) is -0.702. The molecule has 0 spiro atoms. The maximum atomic E-state index is 12.9. The zero-order valence-corrected chi connectivity index (χ0v) is 18.0. The van der Waals surface area contributed by atoms with Crippen LogP contribution in [-0.4, -0.2) is 93.3 Å². The van der Waals surface area contributed by atoms with E-state index in [0.717, 1.165) is 25.8 Å². The molecule has 2 aliphatic rings. The molecule has 3 unspecified atom stereocenters. The summed E-state index contributed by atoms with van der Waals surface area (Å²) in [6.07, 6.45) is -0.0980. The number of amides is 1. The summed E-state index contributed by atoms with van der Waals surface area (Å²) in [4.78, 5) is 14.9. The highest BCUT2D eigenvalue weighted by atomic mass is 35.5. The second kappa shape index (κ2) is 10.1. The number of ether oxygens (including phenoxy) is 1. The Hall–Kier alpha value is -0.0900. The van der Waals surface area contributed by atoms with E-state index in [0.29, 0.717) is 5.92 Å². The van der Waals surface area contributed by atoms with E-state index in [4.69, 9.17) is 16.3 Å². The Morgan fingerprint density at radius 3 is 2.56 bits per heavy atom. The lowest BCUT2D eigenvalue weighted by molar-refractivity contribution is -0.205. The molecule has 1 amide bonds. The van der Waals surface area contributed by atoms with Gasteiger partial charge in [0.2, 0.25) is 5.91 Å². The van der Waals surface area contributed by atoms with Crippen molar-refractivity contribution >= 4 is 29.3 Å². The molecule has 0 aromatic heterocycles. The average molecular weight is 425 g/mol. The van der Waals surface area contributed by atoms with Crippen LogP contribution in [0.15, 0.2) is 0 Å². The van der Waals surface area contributed by atoms with Gasteiger partial charge in [0.1, 0.15) is 29.9 Å². The molecule has 0 aliphatic carbocycles. The van der Waals surface area contributed by atoms with Gasteiger partial charge in [0.05, 0.1) is 17.5 Å². The van der Waals surface area contributed by atoms with Crippen LogP contribution in [0.4, 0.5) is 0 Å². The molecule has 27 heavy (non-hydrogen) atoms. The summed E-state index contributed by atoms with van der Waals surface area (Å²) in [7, 11) is 1.94. The lowest BCUT2D eigenvalue weighted by Gasteiger charge is -2.44. The Morgan fingerprint density at radius 2 is 2.00 bits per heavy atom. The first kappa shape index (κ1) is 23.2. The molecule has 0 saturated carbocycles. The Kier molecular flexibility index (Phi) is 8.67. The Bertz CT molecular complexity index is 498. The Balaban J connectivity index is 2.09. The van der Waals surface area contributed by atoms with Crippen LogP contribution >= 0.6 is 23.4 Å². The van der Waals surface area contributed by atoms with Crippen LogP contribution in [0.1, 0.15) is 33.1 Å². The molecule has 2 saturated heterocycles. The second-order valence-electron chi connectivity index (χ2n) is 7.73. The van der Waals surface area contributed by atoms with Gasteiger partial charge in [-0.05, 0) is 39.0 Å². The van der Waals surface area contributed by atoms with Gasteiger partial charge in [-0.2, -0.15) is 0 Å². The van der Waals surface area contributed by atoms with Crippen LogP contribution in [0.5, 0.6) is 0 Å². The van der Waals surface area contributed by atoms with Crippen molar-refractivity contribution < 1.29 is 24.9 Å². The quantitative estimate of drug-likeness (QED) is 0.438. The molecule has 158 valence electrons. The van der Waals surface area contributed by atoms with E-state index in [9.17, 15) is 20.1 Å². The fourth-order valence-electron chi connectivity index (χ4n) is 4.11. The summed E-state index contributed by atoms with van der Waals surface area (Å²) < 4.78 is 5.79. The van der Waals surface area contributed by atoms with Crippen LogP contribution < -0.4 is 5.32 Å². The number of likely N-dealkylation sites (tertiary alicyclic amines) is 1. The number of carbonyl (C=O) groups is 1. The molecule has 4 N–H and O–H groups in total. The van der Waals surface area contributed by atoms with Gasteiger partial charge in [0, 0.05) is 6.54 Å². The average Bonchev–Trinajstić information content (AvgIpc) is 2.99. The molecule has 0 aromatic rings. The van der Waals surface area contributed by atoms with Gasteiger partial charge in [0.25, 0.3) is 0 Å². The molecule has 0 aromatic carbocycles. The van der Waals surface area contributed by atoms with Crippen LogP contribution in [0.2, 0.25) is 0 Å². The largest absolute Gasteiger partial charge is 0.388 e. The lowest BCUT2D eigenvalue weighted by atomic mass is 9.92. The van der Waals surface area contributed by atoms with Crippen molar-refractivity contribution in [2.45, 2.75) is 80.4 Å². The summed E-state index contributed by atoms with van der Waals surface area (Å²) in [5, 5.41) is 33.0. The third-order valence-corrected chi connectivity index (χ3v) is 6.76. The van der Waals surface area contributed by atoms with Crippen molar-refractivity contribution in [1.82, 2.24) is 10.2 Å². The van der Waals surface area contributed by atoms with Gasteiger partial charge in [-0.3, -0.25) is 9.69 Å². The minimum absolute atomic E-state index is 0.147. The van der Waals surface area contributed by atoms with Crippen molar-refractivity contribution in [2.24, 2.45) is 5.92 Å². The van der Waals surface area contributed by atoms with Gasteiger partial charge < -0.3 is 25.4 Å². The van der Waals surface area contributed by atoms with Crippen LogP contribution in [-0.2, 0) is 9.53 Å². The number of aliphatic hydroxyl groups excluding tert-OH is 3. The van der Waals surface area contributed by atoms with Crippen LogP contribution in [0, 0.1) is 5.92 Å². The number of nitrogens with one attached hydrogen (secondary N) is 1. The number of nitrogens with zero attached hydrogens (tertiary/aromatic N) is 1. The van der Waals surface area contributed by atoms with Crippen LogP contribution in [0.25, 0.3) is 0 Å². The van der Waals surface area contributed by atoms with Crippen molar-refractivity contribution in [3.63, 3.8) is 0 Å². The first-order valence-corrected chi connectivity index (χ1v) is 11.3. The van der Waals surface area contributed by atoms with E-state index in [1.54, 1.807) is 13.2 Å². The third-order valence-electron chi connectivity index (χ3n) is 5.63. The van der Waals surface area contributed by atoms with E-state index in [1.165, 1.54) is 11.8 Å². The number of thioether (sulfide) groups is 1. The molecule has 0 radical (unpaired) electrons. The highest BCUT2D eigenvalue weighted by Gasteiger charge is 2.48. The maximum absolute atomic E-state index is 12.9. The summed E-state index contributed by atoms with van der Waals surface area (Å²) in [6, 6.07) is -0.934. The van der Waals surface area contributed by atoms with Gasteiger partial charge in [-0.15, -0.1) is 23.4 Å². The lowest BCUT2D eigenvalue weighted by Crippen LogP contribution is -2.65. The number of likely N-dealkylation sites (N-methyl/N-ethyl adjacent to an activating group) is 1. The number of halogens is 1. The van der Waals surface area contributed by atoms with E-state index in [2.05, 4.69) is 12.2 Å². The molecule has 2 rings (SSSR count). The van der Waals surface area contributed by atoms with Crippen molar-refractivity contribution in [2.75, 3.05) is 19.8 Å². The third kappa shape index (κ3) is 5.29. The van der Waals surface area contributed by atoms with E-state index >= 15 is 0 Å². The minimum atomic E-state index is -1.36. The minimum Gasteiger partial charge on any atom is -0.388 e. The second-order valence-corrected chi connectivity index (χ2v) is 9.36. The predicted octanol–water partition coefficient (Wildman–Crippen LogP) is 0.390. The summed E-state index contributed by atoms with van der Waals surface area (Å²) in [5.74, 6) is 0.350. The fraction of sp³-hybridized carbons (Fsp3) is 0.944. The summed E-state index contributed by atoms with van der Waals surface area (Å²) in [6.45, 7) is 4.74. The molecular formula is C18H33ClN2O5S. The first-order chi connectivity index (χ1) is 12.7. The van der Waals surface area contributed by atoms with E-state index < -0.39 is 41.3 Å².